The van der Waals surface area contributed by atoms with Gasteiger partial charge in [0.2, 0.25) is 0 Å². The second kappa shape index (κ2) is 7.63. The van der Waals surface area contributed by atoms with Crippen molar-refractivity contribution in [3.05, 3.63) is 0 Å². The van der Waals surface area contributed by atoms with Crippen molar-refractivity contribution >= 4 is 5.97 Å². The van der Waals surface area contributed by atoms with Gasteiger partial charge in [-0.2, -0.15) is 0 Å². The van der Waals surface area contributed by atoms with Gasteiger partial charge in [0.15, 0.2) is 0 Å². The lowest BCUT2D eigenvalue weighted by Crippen LogP contribution is -2.46. The smallest absolute Gasteiger partial charge is 0.303 e. The number of nitrogens with zero attached hydrogens (tertiary/aromatic N) is 1. The number of carbonyl (C=O) groups is 1. The molecule has 0 atom stereocenters. The normalized spacial score (nSPS) is 12.1. The lowest BCUT2D eigenvalue weighted by molar-refractivity contribution is -0.137. The molecule has 0 saturated carbocycles. The van der Waals surface area contributed by atoms with E-state index in [4.69, 9.17) is 5.11 Å². The highest BCUT2D eigenvalue weighted by Crippen LogP contribution is 2.07. The molecule has 96 valence electrons. The third-order valence-electron chi connectivity index (χ3n) is 3.01. The van der Waals surface area contributed by atoms with Crippen LogP contribution in [-0.2, 0) is 4.79 Å². The summed E-state index contributed by atoms with van der Waals surface area (Å²) >= 11 is 0. The van der Waals surface area contributed by atoms with Crippen LogP contribution in [-0.4, -0.2) is 48.7 Å². The number of hydrogen-bond donors (Lipinski definition) is 2. The van der Waals surface area contributed by atoms with Crippen molar-refractivity contribution in [1.29, 1.82) is 0 Å². The minimum atomic E-state index is -0.693. The second-order valence-corrected chi connectivity index (χ2v) is 5.09. The molecule has 16 heavy (non-hydrogen) atoms. The zero-order valence-electron chi connectivity index (χ0n) is 11.0. The van der Waals surface area contributed by atoms with Gasteiger partial charge in [-0.3, -0.25) is 4.79 Å². The van der Waals surface area contributed by atoms with Crippen LogP contribution in [0, 0.1) is 0 Å². The highest BCUT2D eigenvalue weighted by atomic mass is 16.4. The first-order valence-electron chi connectivity index (χ1n) is 5.96. The highest BCUT2D eigenvalue weighted by molar-refractivity contribution is 5.66. The van der Waals surface area contributed by atoms with Gasteiger partial charge >= 0.3 is 5.97 Å². The number of hydrogen-bond acceptors (Lipinski definition) is 3. The molecule has 4 heteroatoms. The Hall–Kier alpha value is -0.610. The van der Waals surface area contributed by atoms with E-state index in [1.807, 2.05) is 0 Å². The first-order valence-corrected chi connectivity index (χ1v) is 5.96. The molecule has 0 aliphatic heterocycles. The van der Waals surface area contributed by atoms with Crippen molar-refractivity contribution < 1.29 is 9.90 Å². The van der Waals surface area contributed by atoms with Gasteiger partial charge in [-0.25, -0.2) is 0 Å². The summed E-state index contributed by atoms with van der Waals surface area (Å²) < 4.78 is 0. The van der Waals surface area contributed by atoms with Crippen LogP contribution in [0.5, 0.6) is 0 Å². The molecule has 0 heterocycles. The molecule has 4 nitrogen and oxygen atoms in total. The molecule has 0 rings (SSSR count). The SMILES string of the molecule is CN(C)C(C)(C)CNCCCCCC(=O)O. The van der Waals surface area contributed by atoms with Crippen molar-refractivity contribution in [1.82, 2.24) is 10.2 Å². The summed E-state index contributed by atoms with van der Waals surface area (Å²) in [4.78, 5) is 12.5. The van der Waals surface area contributed by atoms with Crippen molar-refractivity contribution in [3.63, 3.8) is 0 Å². The molecule has 0 amide bonds. The Morgan fingerprint density at radius 1 is 1.25 bits per heavy atom. The van der Waals surface area contributed by atoms with E-state index in [0.29, 0.717) is 6.42 Å². The van der Waals surface area contributed by atoms with Crippen LogP contribution in [0.4, 0.5) is 0 Å². The lowest BCUT2D eigenvalue weighted by atomic mass is 10.0. The highest BCUT2D eigenvalue weighted by Gasteiger charge is 2.18. The topological polar surface area (TPSA) is 52.6 Å². The minimum absolute atomic E-state index is 0.168. The van der Waals surface area contributed by atoms with Gasteiger partial charge in [0.05, 0.1) is 0 Å². The van der Waals surface area contributed by atoms with Gasteiger partial charge in [0, 0.05) is 18.5 Å². The summed E-state index contributed by atoms with van der Waals surface area (Å²) in [7, 11) is 4.16. The van der Waals surface area contributed by atoms with Crippen LogP contribution >= 0.6 is 0 Å². The standard InChI is InChI=1S/C12H26N2O2/c1-12(2,14(3)4)10-13-9-7-5-6-8-11(15)16/h13H,5-10H2,1-4H3,(H,15,16). The molecule has 0 bridgehead atoms. The van der Waals surface area contributed by atoms with E-state index < -0.39 is 5.97 Å². The van der Waals surface area contributed by atoms with E-state index >= 15 is 0 Å². The molecular weight excluding hydrogens is 204 g/mol. The number of unbranched alkanes of at least 4 members (excludes halogenated alkanes) is 2. The Labute approximate surface area is 99.0 Å². The molecule has 0 aliphatic carbocycles. The molecule has 0 aromatic rings. The Kier molecular flexibility index (Phi) is 7.34. The Balaban J connectivity index is 3.37. The van der Waals surface area contributed by atoms with Crippen LogP contribution in [0.2, 0.25) is 0 Å². The van der Waals surface area contributed by atoms with E-state index in [1.54, 1.807) is 0 Å². The van der Waals surface area contributed by atoms with Gasteiger partial charge in [-0.05, 0) is 47.3 Å². The van der Waals surface area contributed by atoms with Crippen LogP contribution in [0.1, 0.15) is 39.5 Å². The van der Waals surface area contributed by atoms with Crippen molar-refractivity contribution in [2.45, 2.75) is 45.1 Å². The Morgan fingerprint density at radius 2 is 1.88 bits per heavy atom. The quantitative estimate of drug-likeness (QED) is 0.590. The molecular formula is C12H26N2O2. The van der Waals surface area contributed by atoms with E-state index in [0.717, 1.165) is 32.4 Å². The molecule has 0 spiro atoms. The summed E-state index contributed by atoms with van der Waals surface area (Å²) in [5.41, 5.74) is 0.168. The van der Waals surface area contributed by atoms with E-state index in [1.165, 1.54) is 0 Å². The van der Waals surface area contributed by atoms with Gasteiger partial charge < -0.3 is 15.3 Å². The monoisotopic (exact) mass is 230 g/mol. The fraction of sp³-hybridized carbons (Fsp3) is 0.917. The summed E-state index contributed by atoms with van der Waals surface area (Å²) in [5, 5.41) is 11.9. The fourth-order valence-electron chi connectivity index (χ4n) is 1.26. The molecule has 0 aromatic heterocycles. The van der Waals surface area contributed by atoms with Crippen molar-refractivity contribution in [2.75, 3.05) is 27.2 Å². The van der Waals surface area contributed by atoms with E-state index in [2.05, 4.69) is 38.2 Å². The molecule has 0 radical (unpaired) electrons. The van der Waals surface area contributed by atoms with Crippen molar-refractivity contribution in [2.24, 2.45) is 0 Å². The predicted molar refractivity (Wildman–Crippen MR) is 66.7 cm³/mol. The number of likely N-dealkylation sites (N-methyl/N-ethyl adjacent to an activating group) is 1. The number of aliphatic carboxylic acids is 1. The zero-order chi connectivity index (χ0) is 12.6. The molecule has 2 N–H and O–H groups in total. The van der Waals surface area contributed by atoms with Gasteiger partial charge in [-0.1, -0.05) is 6.42 Å². The molecule has 0 saturated heterocycles. The third-order valence-corrected chi connectivity index (χ3v) is 3.01. The average Bonchev–Trinajstić information content (AvgIpc) is 2.15. The first-order chi connectivity index (χ1) is 7.36. The molecule has 0 unspecified atom stereocenters. The third kappa shape index (κ3) is 7.65. The minimum Gasteiger partial charge on any atom is -0.481 e. The fourth-order valence-corrected chi connectivity index (χ4v) is 1.26. The van der Waals surface area contributed by atoms with E-state index in [9.17, 15) is 4.79 Å². The van der Waals surface area contributed by atoms with Crippen molar-refractivity contribution in [3.8, 4) is 0 Å². The predicted octanol–water partition coefficient (Wildman–Crippen LogP) is 1.56. The Bertz CT molecular complexity index is 203. The maximum atomic E-state index is 10.3. The number of carboxylic acid groups (broad SMARTS) is 1. The number of nitrogens with one attached hydrogen (secondary N) is 1. The van der Waals surface area contributed by atoms with Crippen LogP contribution < -0.4 is 5.32 Å². The van der Waals surface area contributed by atoms with Gasteiger partial charge in [-0.15, -0.1) is 0 Å². The van der Waals surface area contributed by atoms with Crippen LogP contribution in [0.15, 0.2) is 0 Å². The first kappa shape index (κ1) is 15.4. The maximum absolute atomic E-state index is 10.3. The largest absolute Gasteiger partial charge is 0.481 e. The summed E-state index contributed by atoms with van der Waals surface area (Å²) in [6.07, 6.45) is 3.12. The second-order valence-electron chi connectivity index (χ2n) is 5.09. The zero-order valence-corrected chi connectivity index (χ0v) is 11.0. The van der Waals surface area contributed by atoms with Crippen LogP contribution in [0.25, 0.3) is 0 Å². The summed E-state index contributed by atoms with van der Waals surface area (Å²) in [6, 6.07) is 0. The summed E-state index contributed by atoms with van der Waals surface area (Å²) in [5.74, 6) is -0.693. The number of rotatable bonds is 9. The number of carboxylic acids is 1. The molecule has 0 aromatic carbocycles. The maximum Gasteiger partial charge on any atom is 0.303 e. The average molecular weight is 230 g/mol. The van der Waals surface area contributed by atoms with Crippen LogP contribution in [0.3, 0.4) is 0 Å². The van der Waals surface area contributed by atoms with Gasteiger partial charge in [0.25, 0.3) is 0 Å². The van der Waals surface area contributed by atoms with Gasteiger partial charge in [0.1, 0.15) is 0 Å². The van der Waals surface area contributed by atoms with E-state index in [-0.39, 0.29) is 5.54 Å². The Morgan fingerprint density at radius 3 is 2.38 bits per heavy atom. The summed E-state index contributed by atoms with van der Waals surface area (Å²) in [6.45, 7) is 6.32. The molecule has 0 fully saturated rings. The lowest BCUT2D eigenvalue weighted by Gasteiger charge is -2.32. The molecule has 0 aliphatic rings.